The van der Waals surface area contributed by atoms with Gasteiger partial charge in [-0.2, -0.15) is 0 Å². The molecule has 3 nitrogen and oxygen atoms in total. The molecule has 0 spiro atoms. The van der Waals surface area contributed by atoms with Gasteiger partial charge in [0.15, 0.2) is 0 Å². The van der Waals surface area contributed by atoms with E-state index in [-0.39, 0.29) is 0 Å². The lowest BCUT2D eigenvalue weighted by molar-refractivity contribution is -0.0211. The molecule has 1 atom stereocenters. The van der Waals surface area contributed by atoms with E-state index >= 15 is 0 Å². The highest BCUT2D eigenvalue weighted by atomic mass is 19.1. The van der Waals surface area contributed by atoms with E-state index in [9.17, 15) is 9.50 Å². The van der Waals surface area contributed by atoms with Crippen molar-refractivity contribution in [3.63, 3.8) is 0 Å². The Labute approximate surface area is 108 Å². The topological polar surface area (TPSA) is 36.4 Å². The molecule has 0 amide bonds. The van der Waals surface area contributed by atoms with Crippen LogP contribution in [-0.4, -0.2) is 33.6 Å². The van der Waals surface area contributed by atoms with Crippen molar-refractivity contribution in [1.29, 1.82) is 0 Å². The van der Waals surface area contributed by atoms with Crippen LogP contribution in [0, 0.1) is 5.82 Å². The van der Waals surface area contributed by atoms with Crippen LogP contribution in [0.5, 0.6) is 0 Å². The first-order valence-corrected chi connectivity index (χ1v) is 6.55. The maximum Gasteiger partial charge on any atom is 0.141 e. The predicted octanol–water partition coefficient (Wildman–Crippen LogP) is 2.52. The molecular formula is C14H21FN2O. The summed E-state index contributed by atoms with van der Waals surface area (Å²) in [6.07, 6.45) is 5.56. The van der Waals surface area contributed by atoms with Gasteiger partial charge in [-0.05, 0) is 45.8 Å². The second-order valence-electron chi connectivity index (χ2n) is 5.54. The number of hydrogen-bond donors (Lipinski definition) is 1. The van der Waals surface area contributed by atoms with Gasteiger partial charge in [0.25, 0.3) is 0 Å². The summed E-state index contributed by atoms with van der Waals surface area (Å²) >= 11 is 0. The second-order valence-corrected chi connectivity index (χ2v) is 5.54. The highest BCUT2D eigenvalue weighted by molar-refractivity contribution is 5.17. The Balaban J connectivity index is 2.17. The van der Waals surface area contributed by atoms with Crippen molar-refractivity contribution in [1.82, 2.24) is 9.88 Å². The summed E-state index contributed by atoms with van der Waals surface area (Å²) in [5.74, 6) is -0.402. The van der Waals surface area contributed by atoms with Crippen LogP contribution in [0.2, 0.25) is 0 Å². The van der Waals surface area contributed by atoms with Crippen molar-refractivity contribution in [3.8, 4) is 0 Å². The third-order valence-electron chi connectivity index (χ3n) is 3.88. The predicted molar refractivity (Wildman–Crippen MR) is 68.7 cm³/mol. The lowest BCUT2D eigenvalue weighted by Crippen LogP contribution is -2.50. The van der Waals surface area contributed by atoms with E-state index in [1.807, 2.05) is 13.8 Å². The zero-order valence-corrected chi connectivity index (χ0v) is 11.1. The molecule has 2 heterocycles. The molecule has 0 radical (unpaired) electrons. The van der Waals surface area contributed by atoms with E-state index in [0.29, 0.717) is 5.56 Å². The summed E-state index contributed by atoms with van der Waals surface area (Å²) < 4.78 is 13.2. The summed E-state index contributed by atoms with van der Waals surface area (Å²) in [7, 11) is 0. The Bertz CT molecular complexity index is 403. The van der Waals surface area contributed by atoms with Crippen molar-refractivity contribution in [2.45, 2.75) is 44.8 Å². The second kappa shape index (κ2) is 5.33. The molecule has 100 valence electrons. The van der Waals surface area contributed by atoms with Gasteiger partial charge in [-0.15, -0.1) is 0 Å². The molecule has 1 saturated heterocycles. The lowest BCUT2D eigenvalue weighted by atomic mass is 9.88. The van der Waals surface area contributed by atoms with Crippen molar-refractivity contribution >= 4 is 0 Å². The van der Waals surface area contributed by atoms with Crippen LogP contribution in [-0.2, 0) is 0 Å². The molecule has 2 rings (SSSR count). The minimum absolute atomic E-state index is 0.393. The van der Waals surface area contributed by atoms with E-state index in [1.165, 1.54) is 12.5 Å². The van der Waals surface area contributed by atoms with E-state index in [0.717, 1.165) is 32.1 Å². The van der Waals surface area contributed by atoms with Gasteiger partial charge in [0.1, 0.15) is 5.82 Å². The van der Waals surface area contributed by atoms with Crippen molar-refractivity contribution in [3.05, 3.63) is 29.8 Å². The van der Waals surface area contributed by atoms with E-state index in [4.69, 9.17) is 0 Å². The van der Waals surface area contributed by atoms with Gasteiger partial charge in [0.05, 0.1) is 12.3 Å². The molecule has 0 aliphatic carbocycles. The number of pyridine rings is 1. The number of piperidine rings is 1. The number of aliphatic hydroxyl groups excluding tert-OH is 1. The van der Waals surface area contributed by atoms with Gasteiger partial charge in [0.2, 0.25) is 0 Å². The van der Waals surface area contributed by atoms with E-state index in [1.54, 1.807) is 6.20 Å². The van der Waals surface area contributed by atoms with Crippen LogP contribution in [0.1, 0.15) is 44.8 Å². The largest absolute Gasteiger partial charge is 0.386 e. The maximum atomic E-state index is 13.2. The molecule has 1 unspecified atom stereocenters. The summed E-state index contributed by atoms with van der Waals surface area (Å²) in [6, 6.07) is 1.36. The van der Waals surface area contributed by atoms with Gasteiger partial charge in [-0.1, -0.05) is 6.42 Å². The van der Waals surface area contributed by atoms with Crippen LogP contribution in [0.15, 0.2) is 18.5 Å². The Hall–Kier alpha value is -1.00. The van der Waals surface area contributed by atoms with Crippen LogP contribution in [0.25, 0.3) is 0 Å². The fraction of sp³-hybridized carbons (Fsp3) is 0.643. The van der Waals surface area contributed by atoms with Gasteiger partial charge < -0.3 is 5.11 Å². The molecule has 1 aromatic rings. The first-order chi connectivity index (χ1) is 8.51. The van der Waals surface area contributed by atoms with Crippen molar-refractivity contribution in [2.24, 2.45) is 0 Å². The summed E-state index contributed by atoms with van der Waals surface area (Å²) in [5.41, 5.74) is 0.154. The Morgan fingerprint density at radius 3 is 2.56 bits per heavy atom. The summed E-state index contributed by atoms with van der Waals surface area (Å²) in [5, 5.41) is 10.5. The fourth-order valence-corrected chi connectivity index (χ4v) is 2.63. The molecule has 1 aliphatic heterocycles. The highest BCUT2D eigenvalue weighted by Crippen LogP contribution is 2.32. The lowest BCUT2D eigenvalue weighted by Gasteiger charge is -2.44. The molecule has 1 fully saturated rings. The zero-order valence-electron chi connectivity index (χ0n) is 11.1. The van der Waals surface area contributed by atoms with Crippen molar-refractivity contribution < 1.29 is 9.50 Å². The molecule has 1 N–H and O–H groups in total. The van der Waals surface area contributed by atoms with Crippen LogP contribution in [0.4, 0.5) is 4.39 Å². The first-order valence-electron chi connectivity index (χ1n) is 6.55. The van der Waals surface area contributed by atoms with Crippen LogP contribution in [0.3, 0.4) is 0 Å². The molecule has 4 heteroatoms. The Morgan fingerprint density at radius 1 is 1.28 bits per heavy atom. The van der Waals surface area contributed by atoms with E-state index in [2.05, 4.69) is 9.88 Å². The van der Waals surface area contributed by atoms with Gasteiger partial charge in [0, 0.05) is 17.3 Å². The maximum absolute atomic E-state index is 13.2. The van der Waals surface area contributed by atoms with Crippen LogP contribution >= 0.6 is 0 Å². The van der Waals surface area contributed by atoms with Crippen LogP contribution < -0.4 is 0 Å². The van der Waals surface area contributed by atoms with E-state index < -0.39 is 17.5 Å². The molecule has 0 saturated carbocycles. The Kier molecular flexibility index (Phi) is 3.97. The van der Waals surface area contributed by atoms with Gasteiger partial charge in [-0.25, -0.2) is 4.39 Å². The average molecular weight is 252 g/mol. The summed E-state index contributed by atoms with van der Waals surface area (Å²) in [6.45, 7) is 6.00. The molecule has 0 aromatic carbocycles. The number of aromatic nitrogens is 1. The third kappa shape index (κ3) is 2.70. The number of nitrogens with zero attached hydrogens (tertiary/aromatic N) is 2. The molecule has 1 aliphatic rings. The standard InChI is InChI=1S/C14H21FN2O/c1-14(2,17-6-4-3-5-7-17)13(18)11-8-12(15)10-16-9-11/h8-10,13,18H,3-7H2,1-2H3. The van der Waals surface area contributed by atoms with Crippen molar-refractivity contribution in [2.75, 3.05) is 13.1 Å². The quantitative estimate of drug-likeness (QED) is 0.898. The number of rotatable bonds is 3. The minimum Gasteiger partial charge on any atom is -0.386 e. The highest BCUT2D eigenvalue weighted by Gasteiger charge is 2.36. The van der Waals surface area contributed by atoms with Gasteiger partial charge >= 0.3 is 0 Å². The molecule has 18 heavy (non-hydrogen) atoms. The molecule has 0 bridgehead atoms. The third-order valence-corrected chi connectivity index (χ3v) is 3.88. The summed E-state index contributed by atoms with van der Waals surface area (Å²) in [4.78, 5) is 6.09. The normalized spacial score (nSPS) is 19.8. The average Bonchev–Trinajstić information content (AvgIpc) is 2.39. The fourth-order valence-electron chi connectivity index (χ4n) is 2.63. The monoisotopic (exact) mass is 252 g/mol. The number of halogens is 1. The number of likely N-dealkylation sites (tertiary alicyclic amines) is 1. The molecular weight excluding hydrogens is 231 g/mol. The Morgan fingerprint density at radius 2 is 1.94 bits per heavy atom. The van der Waals surface area contributed by atoms with Gasteiger partial charge in [-0.3, -0.25) is 9.88 Å². The minimum atomic E-state index is -0.723. The molecule has 1 aromatic heterocycles. The smallest absolute Gasteiger partial charge is 0.141 e. The first kappa shape index (κ1) is 13.4. The number of hydrogen-bond acceptors (Lipinski definition) is 3. The zero-order chi connectivity index (χ0) is 13.2. The SMILES string of the molecule is CC(C)(C(O)c1cncc(F)c1)N1CCCCC1. The number of aliphatic hydroxyl groups is 1.